The highest BCUT2D eigenvalue weighted by Gasteiger charge is 2.80. The molecule has 2 rings (SSSR count). The average Bonchev–Trinajstić information content (AvgIpc) is 2.51. The molecule has 1 aliphatic rings. The Morgan fingerprint density at radius 1 is 0.692 bits per heavy atom. The molecule has 1 nitrogen and oxygen atoms in total. The van der Waals surface area contributed by atoms with Crippen LogP contribution in [0, 0.1) is 5.41 Å². The Bertz CT molecular complexity index is 718. The van der Waals surface area contributed by atoms with Crippen LogP contribution in [-0.4, -0.2) is 27.4 Å². The molecule has 1 aromatic rings. The Balaban J connectivity index is 2.89. The summed E-state index contributed by atoms with van der Waals surface area (Å²) >= 11 is 23.5. The summed E-state index contributed by atoms with van der Waals surface area (Å²) < 4.78 is -1.71. The topological polar surface area (TPSA) is 17.1 Å². The van der Waals surface area contributed by atoms with E-state index in [0.29, 0.717) is 5.56 Å². The minimum atomic E-state index is -0.812. The fraction of sp³-hybridized carbons (Fsp3) is 0.632. The van der Waals surface area contributed by atoms with Crippen LogP contribution in [0.2, 0.25) is 0 Å². The first-order chi connectivity index (χ1) is 11.4. The number of halogens is 6. The summed E-state index contributed by atoms with van der Waals surface area (Å²) in [6.07, 6.45) is 0. The smallest absolute Gasteiger partial charge is 0.172 e. The van der Waals surface area contributed by atoms with E-state index in [4.69, 9.17) is 0 Å². The van der Waals surface area contributed by atoms with Gasteiger partial charge in [0.1, 0.15) is 0 Å². The summed E-state index contributed by atoms with van der Waals surface area (Å²) in [5.74, 6) is 0.0723. The standard InChI is InChI=1S/C19H22Br6O/c1-14(13(26)11-9-7-8-10-12(11)20)15(2,21)17(4,23)19(6,25)18(5,24)16(14,3)22/h7-10H,1-6H3. The number of carbonyl (C=O) groups is 1. The van der Waals surface area contributed by atoms with Crippen LogP contribution in [0.1, 0.15) is 51.9 Å². The van der Waals surface area contributed by atoms with Crippen molar-refractivity contribution >= 4 is 101 Å². The largest absolute Gasteiger partial charge is 0.293 e. The number of benzene rings is 1. The lowest BCUT2D eigenvalue weighted by atomic mass is 9.49. The van der Waals surface area contributed by atoms with Crippen molar-refractivity contribution in [1.82, 2.24) is 0 Å². The molecule has 0 spiro atoms. The SMILES string of the molecule is CC1(Br)C(C)(Br)C(C)(Br)C(C)(C(=O)c2ccccc2Br)C(C)(Br)C1(C)Br. The molecule has 0 radical (unpaired) electrons. The number of ketones is 1. The third-order valence-corrected chi connectivity index (χ3v) is 17.7. The first kappa shape index (κ1) is 24.0. The van der Waals surface area contributed by atoms with E-state index in [0.717, 1.165) is 4.47 Å². The minimum absolute atomic E-state index is 0.0723. The first-order valence-corrected chi connectivity index (χ1v) is 12.9. The van der Waals surface area contributed by atoms with E-state index < -0.39 is 27.0 Å². The Kier molecular flexibility index (Phi) is 6.38. The second-order valence-corrected chi connectivity index (χ2v) is 16.7. The highest BCUT2D eigenvalue weighted by Crippen LogP contribution is 2.74. The van der Waals surface area contributed by atoms with E-state index in [1.807, 2.05) is 31.2 Å². The van der Waals surface area contributed by atoms with Gasteiger partial charge in [0.2, 0.25) is 0 Å². The zero-order valence-electron chi connectivity index (χ0n) is 15.5. The van der Waals surface area contributed by atoms with Gasteiger partial charge in [-0.15, -0.1) is 0 Å². The predicted octanol–water partition coefficient (Wildman–Crippen LogP) is 8.42. The fourth-order valence-electron chi connectivity index (χ4n) is 4.04. The maximum absolute atomic E-state index is 14.0. The molecule has 1 fully saturated rings. The molecule has 0 bridgehead atoms. The van der Waals surface area contributed by atoms with E-state index in [1.165, 1.54) is 0 Å². The van der Waals surface area contributed by atoms with Crippen molar-refractivity contribution in [3.63, 3.8) is 0 Å². The highest BCUT2D eigenvalue weighted by molar-refractivity contribution is 9.16. The maximum Gasteiger partial charge on any atom is 0.172 e. The molecule has 0 aromatic heterocycles. The van der Waals surface area contributed by atoms with Gasteiger partial charge in [-0.25, -0.2) is 0 Å². The Morgan fingerprint density at radius 2 is 1.04 bits per heavy atom. The van der Waals surface area contributed by atoms with Crippen LogP contribution in [0.25, 0.3) is 0 Å². The fourth-order valence-corrected chi connectivity index (χ4v) is 9.90. The summed E-state index contributed by atoms with van der Waals surface area (Å²) in [4.78, 5) is 14.0. The molecule has 0 saturated heterocycles. The normalized spacial score (nSPS) is 49.1. The number of rotatable bonds is 2. The molecule has 7 heteroatoms. The van der Waals surface area contributed by atoms with Gasteiger partial charge in [0.25, 0.3) is 0 Å². The molecule has 4 unspecified atom stereocenters. The van der Waals surface area contributed by atoms with Gasteiger partial charge >= 0.3 is 0 Å². The van der Waals surface area contributed by atoms with Gasteiger partial charge in [-0.2, -0.15) is 0 Å². The van der Waals surface area contributed by atoms with Crippen molar-refractivity contribution in [2.24, 2.45) is 5.41 Å². The summed E-state index contributed by atoms with van der Waals surface area (Å²) in [5.41, 5.74) is -0.135. The lowest BCUT2D eigenvalue weighted by Crippen LogP contribution is -2.82. The minimum Gasteiger partial charge on any atom is -0.293 e. The Labute approximate surface area is 207 Å². The zero-order valence-corrected chi connectivity index (χ0v) is 25.0. The van der Waals surface area contributed by atoms with Crippen molar-refractivity contribution in [1.29, 1.82) is 0 Å². The number of hydrogen-bond donors (Lipinski definition) is 0. The quantitative estimate of drug-likeness (QED) is 0.220. The maximum atomic E-state index is 14.0. The molecule has 0 N–H and O–H groups in total. The molecular weight excluding hydrogens is 724 g/mol. The second kappa shape index (κ2) is 6.90. The summed E-state index contributed by atoms with van der Waals surface area (Å²) in [7, 11) is 0. The predicted molar refractivity (Wildman–Crippen MR) is 133 cm³/mol. The van der Waals surface area contributed by atoms with Crippen molar-refractivity contribution in [2.45, 2.75) is 63.2 Å². The molecular formula is C19H22Br6O. The van der Waals surface area contributed by atoms with E-state index in [-0.39, 0.29) is 5.78 Å². The van der Waals surface area contributed by atoms with Gasteiger partial charge in [0, 0.05) is 10.0 Å². The monoisotopic (exact) mass is 740 g/mol. The van der Waals surface area contributed by atoms with E-state index in [2.05, 4.69) is 130 Å². The van der Waals surface area contributed by atoms with Crippen LogP contribution in [0.4, 0.5) is 0 Å². The van der Waals surface area contributed by atoms with E-state index in [9.17, 15) is 4.79 Å². The van der Waals surface area contributed by atoms with Gasteiger partial charge in [-0.05, 0) is 47.6 Å². The van der Waals surface area contributed by atoms with E-state index >= 15 is 0 Å². The Morgan fingerprint density at radius 3 is 1.42 bits per heavy atom. The molecule has 0 aliphatic heterocycles. The van der Waals surface area contributed by atoms with Crippen LogP contribution in [0.3, 0.4) is 0 Å². The van der Waals surface area contributed by atoms with Crippen LogP contribution in [0.15, 0.2) is 28.7 Å². The van der Waals surface area contributed by atoms with Gasteiger partial charge in [0.05, 0.1) is 27.0 Å². The van der Waals surface area contributed by atoms with Crippen LogP contribution in [0.5, 0.6) is 0 Å². The highest BCUT2D eigenvalue weighted by atomic mass is 79.9. The molecule has 4 atom stereocenters. The molecule has 146 valence electrons. The lowest BCUT2D eigenvalue weighted by Gasteiger charge is -2.71. The molecule has 1 saturated carbocycles. The first-order valence-electron chi connectivity index (χ1n) is 8.17. The van der Waals surface area contributed by atoms with E-state index in [1.54, 1.807) is 0 Å². The number of hydrogen-bond acceptors (Lipinski definition) is 1. The summed E-state index contributed by atoms with van der Waals surface area (Å²) in [6.45, 7) is 12.6. The average molecular weight is 746 g/mol. The van der Waals surface area contributed by atoms with Crippen molar-refractivity contribution in [3.8, 4) is 0 Å². The molecule has 1 aromatic carbocycles. The molecule has 26 heavy (non-hydrogen) atoms. The number of Topliss-reactive ketones (excluding diaryl/α,β-unsaturated/α-hetero) is 1. The third-order valence-electron chi connectivity index (χ3n) is 6.98. The number of carbonyl (C=O) groups excluding carboxylic acids is 1. The van der Waals surface area contributed by atoms with Gasteiger partial charge in [0.15, 0.2) is 5.78 Å². The summed E-state index contributed by atoms with van der Waals surface area (Å²) in [5, 5.41) is 0. The zero-order chi connectivity index (χ0) is 20.6. The second-order valence-electron chi connectivity index (χ2n) is 7.95. The van der Waals surface area contributed by atoms with Crippen molar-refractivity contribution in [3.05, 3.63) is 34.3 Å². The van der Waals surface area contributed by atoms with Crippen LogP contribution in [-0.2, 0) is 0 Å². The molecule has 0 heterocycles. The van der Waals surface area contributed by atoms with Gasteiger partial charge < -0.3 is 0 Å². The van der Waals surface area contributed by atoms with Crippen LogP contribution >= 0.6 is 95.6 Å². The number of alkyl halides is 5. The molecule has 0 amide bonds. The Hall–Kier alpha value is 1.77. The van der Waals surface area contributed by atoms with Crippen LogP contribution < -0.4 is 0 Å². The van der Waals surface area contributed by atoms with Gasteiger partial charge in [-0.3, -0.25) is 4.79 Å². The third kappa shape index (κ3) is 2.68. The van der Waals surface area contributed by atoms with Gasteiger partial charge in [-0.1, -0.05) is 114 Å². The molecule has 1 aliphatic carbocycles. The van der Waals surface area contributed by atoms with Crippen molar-refractivity contribution in [2.75, 3.05) is 0 Å². The van der Waals surface area contributed by atoms with Crippen molar-refractivity contribution < 1.29 is 4.79 Å². The lowest BCUT2D eigenvalue weighted by molar-refractivity contribution is 0.0408. The summed E-state index contributed by atoms with van der Waals surface area (Å²) in [6, 6.07) is 7.61.